The van der Waals surface area contributed by atoms with Crippen LogP contribution in [-0.4, -0.2) is 47.9 Å². The van der Waals surface area contributed by atoms with Crippen LogP contribution in [0.1, 0.15) is 43.0 Å². The van der Waals surface area contributed by atoms with Crippen LogP contribution in [0, 0.1) is 6.92 Å². The molecule has 8 nitrogen and oxygen atoms in total. The van der Waals surface area contributed by atoms with Gasteiger partial charge in [-0.3, -0.25) is 5.10 Å². The lowest BCUT2D eigenvalue weighted by Crippen LogP contribution is -2.36. The molecule has 4 heterocycles. The topological polar surface area (TPSA) is 87.9 Å². The van der Waals surface area contributed by atoms with Crippen molar-refractivity contribution in [3.63, 3.8) is 0 Å². The number of fused-ring (bicyclic) bond motifs is 1. The highest BCUT2D eigenvalue weighted by Gasteiger charge is 2.26. The summed E-state index contributed by atoms with van der Waals surface area (Å²) >= 11 is 0. The quantitative estimate of drug-likeness (QED) is 0.788. The van der Waals surface area contributed by atoms with Gasteiger partial charge in [0.1, 0.15) is 18.0 Å². The van der Waals surface area contributed by atoms with Crippen molar-refractivity contribution in [3.05, 3.63) is 29.7 Å². The van der Waals surface area contributed by atoms with Crippen molar-refractivity contribution in [2.75, 3.05) is 18.0 Å². The molecular formula is C15H20N8. The van der Waals surface area contributed by atoms with Gasteiger partial charge in [-0.05, 0) is 26.2 Å². The number of piperidine rings is 1. The van der Waals surface area contributed by atoms with Gasteiger partial charge in [0.2, 0.25) is 0 Å². The van der Waals surface area contributed by atoms with Crippen LogP contribution in [0.25, 0.3) is 5.78 Å². The zero-order valence-electron chi connectivity index (χ0n) is 13.4. The first-order valence-electron chi connectivity index (χ1n) is 8.08. The zero-order valence-corrected chi connectivity index (χ0v) is 13.4. The average molecular weight is 312 g/mol. The monoisotopic (exact) mass is 312 g/mol. The summed E-state index contributed by atoms with van der Waals surface area (Å²) in [5, 5.41) is 11.6. The maximum absolute atomic E-state index is 4.52. The summed E-state index contributed by atoms with van der Waals surface area (Å²) in [5.41, 5.74) is 1.04. The van der Waals surface area contributed by atoms with Crippen molar-refractivity contribution in [2.45, 2.75) is 39.0 Å². The van der Waals surface area contributed by atoms with Crippen LogP contribution in [0.2, 0.25) is 0 Å². The number of aryl methyl sites for hydroxylation is 2. The van der Waals surface area contributed by atoms with Crippen LogP contribution in [0.15, 0.2) is 12.4 Å². The summed E-state index contributed by atoms with van der Waals surface area (Å²) in [7, 11) is 0. The van der Waals surface area contributed by atoms with E-state index in [1.807, 2.05) is 11.4 Å². The van der Waals surface area contributed by atoms with E-state index in [9.17, 15) is 0 Å². The Balaban J connectivity index is 1.68. The number of rotatable bonds is 3. The Labute approximate surface area is 134 Å². The van der Waals surface area contributed by atoms with Gasteiger partial charge in [-0.1, -0.05) is 6.92 Å². The first kappa shape index (κ1) is 14.1. The van der Waals surface area contributed by atoms with Crippen LogP contribution < -0.4 is 4.90 Å². The Hall–Kier alpha value is -2.51. The van der Waals surface area contributed by atoms with E-state index in [-0.39, 0.29) is 0 Å². The van der Waals surface area contributed by atoms with Gasteiger partial charge in [0.05, 0.1) is 0 Å². The highest BCUT2D eigenvalue weighted by atomic mass is 15.4. The molecule has 1 aliphatic heterocycles. The Bertz CT molecular complexity index is 820. The third kappa shape index (κ3) is 2.54. The lowest BCUT2D eigenvalue weighted by molar-refractivity contribution is 0.487. The van der Waals surface area contributed by atoms with Crippen molar-refractivity contribution in [2.24, 2.45) is 0 Å². The molecule has 8 heteroatoms. The second-order valence-electron chi connectivity index (χ2n) is 6.00. The minimum Gasteiger partial charge on any atom is -0.356 e. The molecule has 4 rings (SSSR count). The molecular weight excluding hydrogens is 292 g/mol. The molecule has 0 amide bonds. The number of nitrogens with one attached hydrogen (secondary N) is 1. The summed E-state index contributed by atoms with van der Waals surface area (Å²) in [4.78, 5) is 15.6. The summed E-state index contributed by atoms with van der Waals surface area (Å²) in [6.07, 6.45) is 4.66. The summed E-state index contributed by atoms with van der Waals surface area (Å²) in [6, 6.07) is 2.12. The highest BCUT2D eigenvalue weighted by molar-refractivity contribution is 5.48. The van der Waals surface area contributed by atoms with Gasteiger partial charge in [0.15, 0.2) is 5.82 Å². The number of hydrogen-bond donors (Lipinski definition) is 1. The Morgan fingerprint density at radius 1 is 1.35 bits per heavy atom. The van der Waals surface area contributed by atoms with E-state index in [0.717, 1.165) is 55.5 Å². The van der Waals surface area contributed by atoms with Crippen molar-refractivity contribution < 1.29 is 0 Å². The number of H-pyrrole nitrogens is 1. The molecule has 1 fully saturated rings. The van der Waals surface area contributed by atoms with Crippen LogP contribution in [0.4, 0.5) is 5.82 Å². The van der Waals surface area contributed by atoms with E-state index < -0.39 is 0 Å². The minimum atomic E-state index is 0.338. The molecule has 0 aromatic carbocycles. The molecule has 1 unspecified atom stereocenters. The molecule has 1 atom stereocenters. The molecule has 0 radical (unpaired) electrons. The minimum absolute atomic E-state index is 0.338. The van der Waals surface area contributed by atoms with Gasteiger partial charge in [-0.2, -0.15) is 19.7 Å². The Morgan fingerprint density at radius 2 is 2.26 bits per heavy atom. The second-order valence-corrected chi connectivity index (χ2v) is 6.00. The fourth-order valence-corrected chi connectivity index (χ4v) is 3.19. The van der Waals surface area contributed by atoms with E-state index in [4.69, 9.17) is 0 Å². The smallest absolute Gasteiger partial charge is 0.254 e. The predicted octanol–water partition coefficient (Wildman–Crippen LogP) is 1.50. The Morgan fingerprint density at radius 3 is 3.04 bits per heavy atom. The van der Waals surface area contributed by atoms with Gasteiger partial charge in [0, 0.05) is 30.8 Å². The SMILES string of the molecule is CCc1cc(N2CCCC(c3n[nH]c(C)n3)C2)n2ncnc2n1. The standard InChI is InChI=1S/C15H20N8/c1-3-12-7-13(23-15(19-12)16-9-17-23)22-6-4-5-11(8-22)14-18-10(2)20-21-14/h7,9,11H,3-6,8H2,1-2H3,(H,18,20,21). The van der Waals surface area contributed by atoms with Crippen molar-refractivity contribution in [3.8, 4) is 0 Å². The molecule has 1 saturated heterocycles. The van der Waals surface area contributed by atoms with Gasteiger partial charge in [0.25, 0.3) is 5.78 Å². The normalized spacial score (nSPS) is 18.7. The maximum atomic E-state index is 4.52. The predicted molar refractivity (Wildman–Crippen MR) is 85.5 cm³/mol. The number of aromatic amines is 1. The lowest BCUT2D eigenvalue weighted by Gasteiger charge is -2.33. The maximum Gasteiger partial charge on any atom is 0.254 e. The number of hydrogen-bond acceptors (Lipinski definition) is 6. The zero-order chi connectivity index (χ0) is 15.8. The molecule has 0 saturated carbocycles. The van der Waals surface area contributed by atoms with Crippen LogP contribution in [-0.2, 0) is 6.42 Å². The molecule has 120 valence electrons. The third-order valence-electron chi connectivity index (χ3n) is 4.37. The third-order valence-corrected chi connectivity index (χ3v) is 4.37. The van der Waals surface area contributed by atoms with Gasteiger partial charge in [-0.25, -0.2) is 9.97 Å². The highest BCUT2D eigenvalue weighted by Crippen LogP contribution is 2.28. The molecule has 0 spiro atoms. The summed E-state index contributed by atoms with van der Waals surface area (Å²) in [5.74, 6) is 3.84. The molecule has 1 aliphatic rings. The fourth-order valence-electron chi connectivity index (χ4n) is 3.19. The summed E-state index contributed by atoms with van der Waals surface area (Å²) in [6.45, 7) is 5.93. The van der Waals surface area contributed by atoms with E-state index in [0.29, 0.717) is 11.7 Å². The molecule has 0 aliphatic carbocycles. The average Bonchev–Trinajstić information content (AvgIpc) is 3.22. The molecule has 1 N–H and O–H groups in total. The molecule has 0 bridgehead atoms. The number of nitrogens with zero attached hydrogens (tertiary/aromatic N) is 7. The van der Waals surface area contributed by atoms with Gasteiger partial charge in [-0.15, -0.1) is 0 Å². The van der Waals surface area contributed by atoms with Gasteiger partial charge < -0.3 is 4.90 Å². The first-order valence-corrected chi connectivity index (χ1v) is 8.08. The summed E-state index contributed by atoms with van der Waals surface area (Å²) < 4.78 is 1.82. The van der Waals surface area contributed by atoms with Crippen molar-refractivity contribution in [1.82, 2.24) is 34.8 Å². The second kappa shape index (κ2) is 5.60. The first-order chi connectivity index (χ1) is 11.2. The Kier molecular flexibility index (Phi) is 3.44. The fraction of sp³-hybridized carbons (Fsp3) is 0.533. The van der Waals surface area contributed by atoms with Crippen LogP contribution >= 0.6 is 0 Å². The largest absolute Gasteiger partial charge is 0.356 e. The van der Waals surface area contributed by atoms with Crippen molar-refractivity contribution >= 4 is 11.6 Å². The lowest BCUT2D eigenvalue weighted by atomic mass is 9.97. The van der Waals surface area contributed by atoms with E-state index in [1.54, 1.807) is 6.33 Å². The van der Waals surface area contributed by atoms with Gasteiger partial charge >= 0.3 is 0 Å². The molecule has 23 heavy (non-hydrogen) atoms. The molecule has 3 aromatic rings. The number of aromatic nitrogens is 7. The van der Waals surface area contributed by atoms with E-state index in [2.05, 4.69) is 48.1 Å². The van der Waals surface area contributed by atoms with Crippen LogP contribution in [0.3, 0.4) is 0 Å². The number of anilines is 1. The van der Waals surface area contributed by atoms with E-state index in [1.165, 1.54) is 0 Å². The molecule has 3 aromatic heterocycles. The van der Waals surface area contributed by atoms with Crippen LogP contribution in [0.5, 0.6) is 0 Å². The van der Waals surface area contributed by atoms with E-state index >= 15 is 0 Å². The van der Waals surface area contributed by atoms with Crippen molar-refractivity contribution in [1.29, 1.82) is 0 Å².